The van der Waals surface area contributed by atoms with Gasteiger partial charge < -0.3 is 19.9 Å². The highest BCUT2D eigenvalue weighted by atomic mass is 16.7. The van der Waals surface area contributed by atoms with Crippen molar-refractivity contribution in [1.82, 2.24) is 5.32 Å². The number of aliphatic carboxylic acids is 1. The number of carbonyl (C=O) groups excluding carboxylic acids is 1. The van der Waals surface area contributed by atoms with E-state index < -0.39 is 11.5 Å². The highest BCUT2D eigenvalue weighted by Crippen LogP contribution is 2.33. The van der Waals surface area contributed by atoms with Gasteiger partial charge in [-0.25, -0.2) is 4.79 Å². The monoisotopic (exact) mass is 291 g/mol. The Kier molecular flexibility index (Phi) is 3.45. The van der Waals surface area contributed by atoms with E-state index in [4.69, 9.17) is 9.47 Å². The molecule has 3 rings (SSSR count). The van der Waals surface area contributed by atoms with Crippen LogP contribution in [0.4, 0.5) is 0 Å². The second-order valence-electron chi connectivity index (χ2n) is 5.51. The zero-order valence-corrected chi connectivity index (χ0v) is 11.6. The molecule has 0 saturated heterocycles. The van der Waals surface area contributed by atoms with Crippen molar-refractivity contribution in [2.24, 2.45) is 0 Å². The first-order valence-electron chi connectivity index (χ1n) is 7.02. The Labute approximate surface area is 122 Å². The number of carboxylic acids is 1. The van der Waals surface area contributed by atoms with Gasteiger partial charge in [0.05, 0.1) is 6.42 Å². The van der Waals surface area contributed by atoms with Gasteiger partial charge in [-0.05, 0) is 30.5 Å². The minimum Gasteiger partial charge on any atom is -0.480 e. The molecule has 0 bridgehead atoms. The number of hydrogen-bond donors (Lipinski definition) is 2. The number of ether oxygens (including phenoxy) is 2. The Morgan fingerprint density at radius 3 is 2.62 bits per heavy atom. The predicted octanol–water partition coefficient (Wildman–Crippen LogP) is 1.47. The van der Waals surface area contributed by atoms with E-state index in [1.165, 1.54) is 0 Å². The SMILES string of the molecule is O=C(Cc1ccc2c(c1)OCO2)NC1(C(=O)O)CCCC1. The standard InChI is InChI=1S/C15H17NO5/c17-13(16-15(14(18)19)5-1-2-6-15)8-10-3-4-11-12(7-10)21-9-20-11/h3-4,7H,1-2,5-6,8-9H2,(H,16,17)(H,18,19). The van der Waals surface area contributed by atoms with Crippen molar-refractivity contribution in [1.29, 1.82) is 0 Å². The van der Waals surface area contributed by atoms with Crippen LogP contribution in [0.1, 0.15) is 31.2 Å². The van der Waals surface area contributed by atoms with Crippen LogP contribution in [0.5, 0.6) is 11.5 Å². The van der Waals surface area contributed by atoms with Gasteiger partial charge in [0.2, 0.25) is 12.7 Å². The highest BCUT2D eigenvalue weighted by Gasteiger charge is 2.42. The van der Waals surface area contributed by atoms with E-state index in [2.05, 4.69) is 5.32 Å². The van der Waals surface area contributed by atoms with Gasteiger partial charge in [-0.15, -0.1) is 0 Å². The molecule has 2 N–H and O–H groups in total. The summed E-state index contributed by atoms with van der Waals surface area (Å²) in [6.07, 6.45) is 2.78. The number of carboxylic acid groups (broad SMARTS) is 1. The molecule has 1 aliphatic carbocycles. The molecule has 1 fully saturated rings. The van der Waals surface area contributed by atoms with Gasteiger partial charge in [0.25, 0.3) is 0 Å². The van der Waals surface area contributed by atoms with Crippen molar-refractivity contribution < 1.29 is 24.2 Å². The first-order valence-corrected chi connectivity index (χ1v) is 7.02. The molecular weight excluding hydrogens is 274 g/mol. The van der Waals surface area contributed by atoms with Crippen LogP contribution in [0.15, 0.2) is 18.2 Å². The summed E-state index contributed by atoms with van der Waals surface area (Å²) in [7, 11) is 0. The first kappa shape index (κ1) is 13.7. The summed E-state index contributed by atoms with van der Waals surface area (Å²) in [5, 5.41) is 12.1. The molecule has 21 heavy (non-hydrogen) atoms. The van der Waals surface area contributed by atoms with E-state index in [-0.39, 0.29) is 19.1 Å². The number of hydrogen-bond acceptors (Lipinski definition) is 4. The van der Waals surface area contributed by atoms with E-state index in [9.17, 15) is 14.7 Å². The number of nitrogens with one attached hydrogen (secondary N) is 1. The van der Waals surface area contributed by atoms with E-state index >= 15 is 0 Å². The lowest BCUT2D eigenvalue weighted by atomic mass is 9.97. The van der Waals surface area contributed by atoms with Crippen molar-refractivity contribution in [3.8, 4) is 11.5 Å². The number of amides is 1. The lowest BCUT2D eigenvalue weighted by molar-refractivity contribution is -0.147. The maximum absolute atomic E-state index is 12.1. The fourth-order valence-electron chi connectivity index (χ4n) is 2.92. The maximum atomic E-state index is 12.1. The zero-order chi connectivity index (χ0) is 14.9. The molecule has 0 aromatic heterocycles. The third kappa shape index (κ3) is 2.66. The third-order valence-corrected chi connectivity index (χ3v) is 4.05. The predicted molar refractivity (Wildman–Crippen MR) is 73.2 cm³/mol. The van der Waals surface area contributed by atoms with Crippen LogP contribution in [-0.4, -0.2) is 29.3 Å². The molecule has 1 aliphatic heterocycles. The Morgan fingerprint density at radius 2 is 1.90 bits per heavy atom. The smallest absolute Gasteiger partial charge is 0.329 e. The molecule has 1 aromatic rings. The minimum absolute atomic E-state index is 0.131. The fourth-order valence-corrected chi connectivity index (χ4v) is 2.92. The van der Waals surface area contributed by atoms with Crippen LogP contribution in [0.2, 0.25) is 0 Å². The third-order valence-electron chi connectivity index (χ3n) is 4.05. The lowest BCUT2D eigenvalue weighted by Crippen LogP contribution is -2.52. The van der Waals surface area contributed by atoms with Crippen LogP contribution in [0, 0.1) is 0 Å². The summed E-state index contributed by atoms with van der Waals surface area (Å²) in [6.45, 7) is 0.188. The summed E-state index contributed by atoms with van der Waals surface area (Å²) in [6, 6.07) is 5.30. The molecule has 112 valence electrons. The number of fused-ring (bicyclic) bond motifs is 1. The van der Waals surface area contributed by atoms with Gasteiger partial charge in [-0.2, -0.15) is 0 Å². The van der Waals surface area contributed by atoms with Crippen LogP contribution < -0.4 is 14.8 Å². The molecular formula is C15H17NO5. The zero-order valence-electron chi connectivity index (χ0n) is 11.6. The highest BCUT2D eigenvalue weighted by molar-refractivity contribution is 5.88. The quantitative estimate of drug-likeness (QED) is 0.877. The van der Waals surface area contributed by atoms with Gasteiger partial charge in [-0.3, -0.25) is 4.79 Å². The summed E-state index contributed by atoms with van der Waals surface area (Å²) in [5.41, 5.74) is -0.316. The van der Waals surface area contributed by atoms with Crippen LogP contribution >= 0.6 is 0 Å². The average molecular weight is 291 g/mol. The molecule has 0 atom stereocenters. The van der Waals surface area contributed by atoms with E-state index in [0.717, 1.165) is 18.4 Å². The second kappa shape index (κ2) is 5.27. The Bertz CT molecular complexity index is 577. The van der Waals surface area contributed by atoms with Crippen LogP contribution in [0.3, 0.4) is 0 Å². The Hall–Kier alpha value is -2.24. The molecule has 1 amide bonds. The largest absolute Gasteiger partial charge is 0.480 e. The van der Waals surface area contributed by atoms with Gasteiger partial charge in [0, 0.05) is 0 Å². The molecule has 6 nitrogen and oxygen atoms in total. The normalized spacial score (nSPS) is 18.5. The van der Waals surface area contributed by atoms with Crippen molar-refractivity contribution in [3.05, 3.63) is 23.8 Å². The molecule has 6 heteroatoms. The lowest BCUT2D eigenvalue weighted by Gasteiger charge is -2.25. The number of benzene rings is 1. The van der Waals surface area contributed by atoms with Crippen molar-refractivity contribution in [3.63, 3.8) is 0 Å². The average Bonchev–Trinajstić information content (AvgIpc) is 3.07. The van der Waals surface area contributed by atoms with Gasteiger partial charge >= 0.3 is 5.97 Å². The van der Waals surface area contributed by atoms with Crippen LogP contribution in [-0.2, 0) is 16.0 Å². The van der Waals surface area contributed by atoms with Gasteiger partial charge in [0.1, 0.15) is 5.54 Å². The molecule has 1 aromatic carbocycles. The maximum Gasteiger partial charge on any atom is 0.329 e. The summed E-state index contributed by atoms with van der Waals surface area (Å²) < 4.78 is 10.5. The molecule has 1 heterocycles. The summed E-state index contributed by atoms with van der Waals surface area (Å²) in [5.74, 6) is 0.0586. The fraction of sp³-hybridized carbons (Fsp3) is 0.467. The van der Waals surface area contributed by atoms with Gasteiger partial charge in [0.15, 0.2) is 11.5 Å². The van der Waals surface area contributed by atoms with Crippen molar-refractivity contribution >= 4 is 11.9 Å². The number of carbonyl (C=O) groups is 2. The van der Waals surface area contributed by atoms with Gasteiger partial charge in [-0.1, -0.05) is 18.9 Å². The van der Waals surface area contributed by atoms with E-state index in [1.807, 2.05) is 0 Å². The summed E-state index contributed by atoms with van der Waals surface area (Å²) >= 11 is 0. The van der Waals surface area contributed by atoms with E-state index in [1.54, 1.807) is 18.2 Å². The van der Waals surface area contributed by atoms with E-state index in [0.29, 0.717) is 24.3 Å². The topological polar surface area (TPSA) is 84.9 Å². The van der Waals surface area contributed by atoms with Crippen molar-refractivity contribution in [2.75, 3.05) is 6.79 Å². The van der Waals surface area contributed by atoms with Crippen molar-refractivity contribution in [2.45, 2.75) is 37.6 Å². The Morgan fingerprint density at radius 1 is 1.19 bits per heavy atom. The molecule has 0 spiro atoms. The molecule has 1 saturated carbocycles. The molecule has 2 aliphatic rings. The Balaban J connectivity index is 1.67. The summed E-state index contributed by atoms with van der Waals surface area (Å²) in [4.78, 5) is 23.5. The molecule has 0 unspecified atom stereocenters. The number of rotatable bonds is 4. The second-order valence-corrected chi connectivity index (χ2v) is 5.51. The first-order chi connectivity index (χ1) is 10.1. The minimum atomic E-state index is -1.09. The van der Waals surface area contributed by atoms with Crippen LogP contribution in [0.25, 0.3) is 0 Å². The molecule has 0 radical (unpaired) electrons.